The zero-order valence-corrected chi connectivity index (χ0v) is 13.2. The molecule has 2 aromatic rings. The van der Waals surface area contributed by atoms with Gasteiger partial charge in [0.1, 0.15) is 23.2 Å². The highest BCUT2D eigenvalue weighted by Crippen LogP contribution is 2.25. The number of hydrogen-bond donors (Lipinski definition) is 1. The molecule has 0 amide bonds. The summed E-state index contributed by atoms with van der Waals surface area (Å²) < 4.78 is 20.0. The van der Waals surface area contributed by atoms with Crippen LogP contribution in [0.1, 0.15) is 27.8 Å². The zero-order chi connectivity index (χ0) is 15.6. The van der Waals surface area contributed by atoms with Crippen molar-refractivity contribution < 1.29 is 9.13 Å². The van der Waals surface area contributed by atoms with Gasteiger partial charge in [-0.1, -0.05) is 30.4 Å². The molecule has 21 heavy (non-hydrogen) atoms. The molecule has 0 aromatic heterocycles. The molecule has 2 N–H and O–H groups in total. The van der Waals surface area contributed by atoms with Crippen molar-refractivity contribution in [1.82, 2.24) is 0 Å². The van der Waals surface area contributed by atoms with E-state index < -0.39 is 5.82 Å². The molecule has 0 saturated carbocycles. The summed E-state index contributed by atoms with van der Waals surface area (Å²) >= 11 is 4.84. The van der Waals surface area contributed by atoms with E-state index in [0.29, 0.717) is 5.56 Å². The molecule has 0 bridgehead atoms. The Bertz CT molecular complexity index is 697. The first kappa shape index (κ1) is 15.4. The van der Waals surface area contributed by atoms with E-state index in [2.05, 4.69) is 6.07 Å². The van der Waals surface area contributed by atoms with Gasteiger partial charge in [-0.05, 0) is 49.6 Å². The normalized spacial score (nSPS) is 10.5. The number of nitrogens with two attached hydrogens (primary N) is 1. The standard InChI is InChI=1S/C17H18FNOS/c1-10-7-11(2)12(3)15(8-10)20-9-13-5-4-6-14(16(13)18)17(19)21/h4-8H,9H2,1-3H3,(H2,19,21). The number of ether oxygens (including phenoxy) is 1. The van der Waals surface area contributed by atoms with Crippen LogP contribution in [0.25, 0.3) is 0 Å². The van der Waals surface area contributed by atoms with Gasteiger partial charge < -0.3 is 10.5 Å². The number of benzene rings is 2. The first-order valence-electron chi connectivity index (χ1n) is 6.68. The van der Waals surface area contributed by atoms with Crippen molar-refractivity contribution in [3.8, 4) is 5.75 Å². The Morgan fingerprint density at radius 3 is 2.62 bits per heavy atom. The van der Waals surface area contributed by atoms with Gasteiger partial charge in [-0.25, -0.2) is 4.39 Å². The predicted molar refractivity (Wildman–Crippen MR) is 87.3 cm³/mol. The third-order valence-electron chi connectivity index (χ3n) is 3.49. The minimum atomic E-state index is -0.410. The summed E-state index contributed by atoms with van der Waals surface area (Å²) in [6.07, 6.45) is 0. The van der Waals surface area contributed by atoms with Crippen molar-refractivity contribution in [2.24, 2.45) is 5.73 Å². The number of rotatable bonds is 4. The maximum absolute atomic E-state index is 14.2. The van der Waals surface area contributed by atoms with Gasteiger partial charge in [-0.15, -0.1) is 0 Å². The van der Waals surface area contributed by atoms with Crippen LogP contribution in [-0.4, -0.2) is 4.99 Å². The SMILES string of the molecule is Cc1cc(C)c(C)c(OCc2cccc(C(N)=S)c2F)c1. The number of halogens is 1. The van der Waals surface area contributed by atoms with Crippen LogP contribution < -0.4 is 10.5 Å². The Labute approximate surface area is 129 Å². The predicted octanol–water partition coefficient (Wildman–Crippen LogP) is 3.96. The summed E-state index contributed by atoms with van der Waals surface area (Å²) in [6.45, 7) is 6.18. The van der Waals surface area contributed by atoms with Crippen LogP contribution in [0.4, 0.5) is 4.39 Å². The molecular weight excluding hydrogens is 285 g/mol. The van der Waals surface area contributed by atoms with Gasteiger partial charge >= 0.3 is 0 Å². The molecule has 2 nitrogen and oxygen atoms in total. The smallest absolute Gasteiger partial charge is 0.139 e. The van der Waals surface area contributed by atoms with Gasteiger partial charge in [0.25, 0.3) is 0 Å². The van der Waals surface area contributed by atoms with Gasteiger partial charge in [-0.2, -0.15) is 0 Å². The topological polar surface area (TPSA) is 35.2 Å². The lowest BCUT2D eigenvalue weighted by atomic mass is 10.1. The van der Waals surface area contributed by atoms with Crippen LogP contribution in [0.15, 0.2) is 30.3 Å². The fourth-order valence-electron chi connectivity index (χ4n) is 2.19. The Balaban J connectivity index is 2.25. The highest BCUT2D eigenvalue weighted by Gasteiger charge is 2.11. The van der Waals surface area contributed by atoms with Gasteiger partial charge in [0.15, 0.2) is 0 Å². The molecular formula is C17H18FNOS. The van der Waals surface area contributed by atoms with Crippen molar-refractivity contribution in [1.29, 1.82) is 0 Å². The first-order valence-corrected chi connectivity index (χ1v) is 7.09. The van der Waals surface area contributed by atoms with E-state index in [1.807, 2.05) is 26.8 Å². The van der Waals surface area contributed by atoms with Crippen LogP contribution >= 0.6 is 12.2 Å². The van der Waals surface area contributed by atoms with Crippen LogP contribution in [-0.2, 0) is 6.61 Å². The molecule has 110 valence electrons. The molecule has 0 aliphatic heterocycles. The fraction of sp³-hybridized carbons (Fsp3) is 0.235. The average Bonchev–Trinajstić information content (AvgIpc) is 2.42. The van der Waals surface area contributed by atoms with E-state index in [1.54, 1.807) is 18.2 Å². The second-order valence-corrected chi connectivity index (χ2v) is 5.58. The van der Waals surface area contributed by atoms with E-state index in [-0.39, 0.29) is 17.2 Å². The molecule has 0 spiro atoms. The third-order valence-corrected chi connectivity index (χ3v) is 3.71. The van der Waals surface area contributed by atoms with Gasteiger partial charge in [0, 0.05) is 11.1 Å². The van der Waals surface area contributed by atoms with Crippen LogP contribution in [0.2, 0.25) is 0 Å². The summed E-state index contributed by atoms with van der Waals surface area (Å²) in [6, 6.07) is 9.02. The van der Waals surface area contributed by atoms with E-state index >= 15 is 0 Å². The molecule has 0 heterocycles. The molecule has 0 fully saturated rings. The maximum Gasteiger partial charge on any atom is 0.139 e. The lowest BCUT2D eigenvalue weighted by Gasteiger charge is -2.13. The molecule has 0 radical (unpaired) electrons. The van der Waals surface area contributed by atoms with E-state index in [0.717, 1.165) is 22.4 Å². The molecule has 4 heteroatoms. The van der Waals surface area contributed by atoms with Crippen molar-refractivity contribution in [3.05, 3.63) is 64.0 Å². The molecule has 0 atom stereocenters. The Hall–Kier alpha value is -1.94. The summed E-state index contributed by atoms with van der Waals surface area (Å²) in [7, 11) is 0. The lowest BCUT2D eigenvalue weighted by Crippen LogP contribution is -2.13. The Kier molecular flexibility index (Phi) is 4.58. The lowest BCUT2D eigenvalue weighted by molar-refractivity contribution is 0.297. The quantitative estimate of drug-likeness (QED) is 0.868. The maximum atomic E-state index is 14.2. The van der Waals surface area contributed by atoms with Crippen LogP contribution in [0.5, 0.6) is 5.75 Å². The van der Waals surface area contributed by atoms with E-state index in [4.69, 9.17) is 22.7 Å². The van der Waals surface area contributed by atoms with Gasteiger partial charge in [0.05, 0.1) is 0 Å². The average molecular weight is 303 g/mol. The third kappa shape index (κ3) is 3.39. The second kappa shape index (κ2) is 6.22. The number of aryl methyl sites for hydroxylation is 2. The molecule has 0 aliphatic carbocycles. The first-order chi connectivity index (χ1) is 9.90. The van der Waals surface area contributed by atoms with E-state index in [1.165, 1.54) is 0 Å². The Morgan fingerprint density at radius 1 is 1.24 bits per heavy atom. The molecule has 0 saturated heterocycles. The monoisotopic (exact) mass is 303 g/mol. The van der Waals surface area contributed by atoms with Crippen molar-refractivity contribution in [2.45, 2.75) is 27.4 Å². The number of thiocarbonyl (C=S) groups is 1. The minimum absolute atomic E-state index is 0.0527. The van der Waals surface area contributed by atoms with Crippen molar-refractivity contribution in [2.75, 3.05) is 0 Å². The number of hydrogen-bond acceptors (Lipinski definition) is 2. The largest absolute Gasteiger partial charge is 0.489 e. The summed E-state index contributed by atoms with van der Waals surface area (Å²) in [4.78, 5) is 0.0527. The fourth-order valence-corrected chi connectivity index (χ4v) is 2.35. The minimum Gasteiger partial charge on any atom is -0.489 e. The molecule has 0 unspecified atom stereocenters. The molecule has 2 aromatic carbocycles. The second-order valence-electron chi connectivity index (χ2n) is 5.14. The van der Waals surface area contributed by atoms with Gasteiger partial charge in [0.2, 0.25) is 0 Å². The highest BCUT2D eigenvalue weighted by molar-refractivity contribution is 7.80. The highest BCUT2D eigenvalue weighted by atomic mass is 32.1. The van der Waals surface area contributed by atoms with Crippen LogP contribution in [0, 0.1) is 26.6 Å². The molecule has 2 rings (SSSR count). The molecule has 0 aliphatic rings. The zero-order valence-electron chi connectivity index (χ0n) is 12.4. The van der Waals surface area contributed by atoms with Crippen molar-refractivity contribution >= 4 is 17.2 Å². The van der Waals surface area contributed by atoms with E-state index in [9.17, 15) is 4.39 Å². The van der Waals surface area contributed by atoms with Crippen molar-refractivity contribution in [3.63, 3.8) is 0 Å². The summed E-state index contributed by atoms with van der Waals surface area (Å²) in [5, 5.41) is 0. The van der Waals surface area contributed by atoms with Crippen LogP contribution in [0.3, 0.4) is 0 Å². The summed E-state index contributed by atoms with van der Waals surface area (Å²) in [5.74, 6) is 0.361. The van der Waals surface area contributed by atoms with Gasteiger partial charge in [-0.3, -0.25) is 0 Å². The Morgan fingerprint density at radius 2 is 1.95 bits per heavy atom. The summed E-state index contributed by atoms with van der Waals surface area (Å²) in [5.41, 5.74) is 9.53.